The number of nitrogens with zero attached hydrogens (tertiary/aromatic N) is 8. The lowest BCUT2D eigenvalue weighted by atomic mass is 10.2. The van der Waals surface area contributed by atoms with Gasteiger partial charge in [0.2, 0.25) is 5.89 Å². The third-order valence-electron chi connectivity index (χ3n) is 5.52. The summed E-state index contributed by atoms with van der Waals surface area (Å²) in [6.07, 6.45) is 8.80. The van der Waals surface area contributed by atoms with Crippen LogP contribution in [0.15, 0.2) is 58.3 Å². The van der Waals surface area contributed by atoms with Gasteiger partial charge >= 0.3 is 0 Å². The molecule has 0 aromatic carbocycles. The fourth-order valence-corrected chi connectivity index (χ4v) is 3.99. The average Bonchev–Trinajstić information content (AvgIpc) is 3.16. The van der Waals surface area contributed by atoms with Crippen molar-refractivity contribution in [3.05, 3.63) is 71.0 Å². The van der Waals surface area contributed by atoms with Crippen molar-refractivity contribution < 1.29 is 4.52 Å². The Morgan fingerprint density at radius 3 is 2.97 bits per heavy atom. The highest BCUT2D eigenvalue weighted by atomic mass is 16.5. The summed E-state index contributed by atoms with van der Waals surface area (Å²) in [6.45, 7) is 1.06. The van der Waals surface area contributed by atoms with Gasteiger partial charge in [0.05, 0.1) is 24.1 Å². The van der Waals surface area contributed by atoms with E-state index in [9.17, 15) is 4.79 Å². The Morgan fingerprint density at radius 1 is 1.28 bits per heavy atom. The summed E-state index contributed by atoms with van der Waals surface area (Å²) in [5.74, 6) is 1.65. The van der Waals surface area contributed by atoms with E-state index in [0.29, 0.717) is 28.8 Å². The SMILES string of the molecule is Cn1cnc2ncn(Cc3nc([C@H]4C5=CN(c6cccnc6)C[C@@H]54)no3)c(=O)c21. The molecule has 0 spiro atoms. The molecular weight excluding hydrogens is 372 g/mol. The molecule has 0 N–H and O–H groups in total. The Labute approximate surface area is 164 Å². The first-order chi connectivity index (χ1) is 14.2. The Bertz CT molecular complexity index is 1320. The van der Waals surface area contributed by atoms with Crippen molar-refractivity contribution in [2.45, 2.75) is 12.5 Å². The summed E-state index contributed by atoms with van der Waals surface area (Å²) in [7, 11) is 1.77. The molecule has 4 aromatic heterocycles. The van der Waals surface area contributed by atoms with Gasteiger partial charge in [0, 0.05) is 31.9 Å². The van der Waals surface area contributed by atoms with Gasteiger partial charge in [-0.05, 0) is 17.7 Å². The Hall–Kier alpha value is -3.82. The van der Waals surface area contributed by atoms with Gasteiger partial charge in [-0.1, -0.05) is 5.16 Å². The average molecular weight is 388 g/mol. The van der Waals surface area contributed by atoms with Crippen LogP contribution in [0.4, 0.5) is 5.69 Å². The largest absolute Gasteiger partial charge is 0.346 e. The van der Waals surface area contributed by atoms with Crippen molar-refractivity contribution in [1.82, 2.24) is 34.2 Å². The minimum absolute atomic E-state index is 0.179. The van der Waals surface area contributed by atoms with Crippen LogP contribution in [-0.4, -0.2) is 40.8 Å². The fraction of sp³-hybridized carbons (Fsp3) is 0.263. The molecule has 1 aliphatic heterocycles. The smallest absolute Gasteiger partial charge is 0.280 e. The first kappa shape index (κ1) is 16.2. The number of fused-ring (bicyclic) bond motifs is 2. The second kappa shape index (κ2) is 5.84. The molecule has 6 rings (SSSR count). The fourth-order valence-electron chi connectivity index (χ4n) is 3.99. The highest BCUT2D eigenvalue weighted by molar-refractivity contribution is 5.68. The lowest BCUT2D eigenvalue weighted by molar-refractivity contribution is 0.364. The maximum atomic E-state index is 12.7. The van der Waals surface area contributed by atoms with E-state index in [4.69, 9.17) is 4.52 Å². The van der Waals surface area contributed by atoms with Crippen molar-refractivity contribution in [2.24, 2.45) is 13.0 Å². The zero-order valence-electron chi connectivity index (χ0n) is 15.5. The van der Waals surface area contributed by atoms with Crippen LogP contribution in [0.5, 0.6) is 0 Å². The van der Waals surface area contributed by atoms with Crippen LogP contribution in [0.3, 0.4) is 0 Å². The van der Waals surface area contributed by atoms with E-state index in [1.165, 1.54) is 16.5 Å². The summed E-state index contributed by atoms with van der Waals surface area (Å²) in [4.78, 5) is 31.8. The van der Waals surface area contributed by atoms with E-state index in [2.05, 4.69) is 36.2 Å². The zero-order chi connectivity index (χ0) is 19.5. The van der Waals surface area contributed by atoms with E-state index in [0.717, 1.165) is 12.2 Å². The highest BCUT2D eigenvalue weighted by Gasteiger charge is 2.52. The predicted molar refractivity (Wildman–Crippen MR) is 102 cm³/mol. The number of hydrogen-bond donors (Lipinski definition) is 0. The minimum atomic E-state index is -0.187. The quantitative estimate of drug-likeness (QED) is 0.511. The lowest BCUT2D eigenvalue weighted by Crippen LogP contribution is -2.22. The van der Waals surface area contributed by atoms with E-state index >= 15 is 0 Å². The second-order valence-corrected chi connectivity index (χ2v) is 7.33. The molecule has 2 atom stereocenters. The molecule has 10 nitrogen and oxygen atoms in total. The molecule has 0 radical (unpaired) electrons. The summed E-state index contributed by atoms with van der Waals surface area (Å²) in [5, 5.41) is 4.14. The van der Waals surface area contributed by atoms with Crippen LogP contribution in [0.25, 0.3) is 11.2 Å². The van der Waals surface area contributed by atoms with E-state index in [1.807, 2.05) is 18.3 Å². The minimum Gasteiger partial charge on any atom is -0.346 e. The molecule has 4 aromatic rings. The molecular formula is C19H16N8O2. The van der Waals surface area contributed by atoms with Crippen LogP contribution in [0.1, 0.15) is 17.6 Å². The molecule has 0 bridgehead atoms. The van der Waals surface area contributed by atoms with Gasteiger partial charge in [-0.15, -0.1) is 0 Å². The number of aryl methyl sites for hydroxylation is 1. The Morgan fingerprint density at radius 2 is 2.17 bits per heavy atom. The summed E-state index contributed by atoms with van der Waals surface area (Å²) in [6, 6.07) is 3.97. The van der Waals surface area contributed by atoms with Gasteiger partial charge in [-0.25, -0.2) is 9.97 Å². The molecule has 144 valence electrons. The number of rotatable bonds is 4. The molecule has 0 saturated heterocycles. The highest BCUT2D eigenvalue weighted by Crippen LogP contribution is 2.56. The van der Waals surface area contributed by atoms with E-state index in [1.54, 1.807) is 24.1 Å². The van der Waals surface area contributed by atoms with Gasteiger partial charge in [0.1, 0.15) is 12.9 Å². The topological polar surface area (TPSA) is 108 Å². The molecule has 1 aliphatic carbocycles. The van der Waals surface area contributed by atoms with Crippen molar-refractivity contribution in [3.8, 4) is 0 Å². The van der Waals surface area contributed by atoms with Crippen molar-refractivity contribution in [3.63, 3.8) is 0 Å². The maximum Gasteiger partial charge on any atom is 0.280 e. The van der Waals surface area contributed by atoms with Crippen molar-refractivity contribution >= 4 is 16.9 Å². The number of anilines is 1. The van der Waals surface area contributed by atoms with Gasteiger partial charge in [-0.2, -0.15) is 4.98 Å². The number of pyridine rings is 1. The third kappa shape index (κ3) is 2.49. The predicted octanol–water partition coefficient (Wildman–Crippen LogP) is 1.07. The summed E-state index contributed by atoms with van der Waals surface area (Å²) < 4.78 is 8.52. The van der Waals surface area contributed by atoms with E-state index < -0.39 is 0 Å². The van der Waals surface area contributed by atoms with Crippen LogP contribution >= 0.6 is 0 Å². The van der Waals surface area contributed by atoms with Crippen LogP contribution in [0, 0.1) is 5.92 Å². The molecule has 1 saturated carbocycles. The lowest BCUT2D eigenvalue weighted by Gasteiger charge is -2.17. The zero-order valence-corrected chi connectivity index (χ0v) is 15.5. The van der Waals surface area contributed by atoms with Gasteiger partial charge in [-0.3, -0.25) is 14.3 Å². The first-order valence-electron chi connectivity index (χ1n) is 9.26. The van der Waals surface area contributed by atoms with Crippen LogP contribution in [0.2, 0.25) is 0 Å². The third-order valence-corrected chi connectivity index (χ3v) is 5.52. The molecule has 1 fully saturated rings. The standard InChI is InChI=1S/C19H16N8O2/c1-25-9-21-18-16(25)19(28)27(10-22-18)8-14-23-17(24-29-14)15-12-6-26(7-13(12)15)11-3-2-4-20-5-11/h2-6,9-10,13,15H,7-8H2,1H3/t13-,15-/m0/s1. The summed E-state index contributed by atoms with van der Waals surface area (Å²) >= 11 is 0. The first-order valence-corrected chi connectivity index (χ1v) is 9.26. The molecule has 0 unspecified atom stereocenters. The maximum absolute atomic E-state index is 12.7. The molecule has 0 amide bonds. The molecule has 2 aliphatic rings. The molecule has 5 heterocycles. The number of aromatic nitrogens is 7. The van der Waals surface area contributed by atoms with Crippen molar-refractivity contribution in [1.29, 1.82) is 0 Å². The normalized spacial score (nSPS) is 20.2. The number of imidazole rings is 1. The van der Waals surface area contributed by atoms with Crippen LogP contribution < -0.4 is 10.5 Å². The van der Waals surface area contributed by atoms with Crippen LogP contribution in [-0.2, 0) is 13.6 Å². The Balaban J connectivity index is 1.22. The molecule has 10 heteroatoms. The van der Waals surface area contributed by atoms with Crippen molar-refractivity contribution in [2.75, 3.05) is 11.4 Å². The van der Waals surface area contributed by atoms with Gasteiger partial charge in [0.25, 0.3) is 5.56 Å². The number of hydrogen-bond acceptors (Lipinski definition) is 8. The monoisotopic (exact) mass is 388 g/mol. The second-order valence-electron chi connectivity index (χ2n) is 7.33. The van der Waals surface area contributed by atoms with Gasteiger partial charge < -0.3 is 14.0 Å². The molecule has 29 heavy (non-hydrogen) atoms. The Kier molecular flexibility index (Phi) is 3.25. The summed E-state index contributed by atoms with van der Waals surface area (Å²) in [5.41, 5.74) is 3.07. The van der Waals surface area contributed by atoms with E-state index in [-0.39, 0.29) is 18.0 Å². The van der Waals surface area contributed by atoms with Gasteiger partial charge in [0.15, 0.2) is 17.0 Å².